The zero-order valence-electron chi connectivity index (χ0n) is 10.5. The van der Waals surface area contributed by atoms with Gasteiger partial charge < -0.3 is 9.88 Å². The normalized spacial score (nSPS) is 15.9. The lowest BCUT2D eigenvalue weighted by atomic mass is 10.2. The molecule has 0 spiro atoms. The van der Waals surface area contributed by atoms with Crippen LogP contribution in [0.4, 0.5) is 0 Å². The molecule has 1 saturated heterocycles. The predicted octanol–water partition coefficient (Wildman–Crippen LogP) is 3.95. The van der Waals surface area contributed by atoms with Crippen LogP contribution < -0.4 is 0 Å². The van der Waals surface area contributed by atoms with Gasteiger partial charge in [-0.1, -0.05) is 15.9 Å². The lowest BCUT2D eigenvalue weighted by molar-refractivity contribution is 0.418. The largest absolute Gasteiger partial charge is 0.361 e. The Morgan fingerprint density at radius 1 is 1.24 bits per heavy atom. The molecule has 17 heavy (non-hydrogen) atoms. The summed E-state index contributed by atoms with van der Waals surface area (Å²) in [6.07, 6.45) is 4.85. The van der Waals surface area contributed by atoms with E-state index >= 15 is 0 Å². The summed E-state index contributed by atoms with van der Waals surface area (Å²) >= 11 is 3.44. The molecular weight excluding hydrogens is 276 g/mol. The molecule has 0 bridgehead atoms. The number of benzene rings is 1. The van der Waals surface area contributed by atoms with E-state index in [2.05, 4.69) is 51.9 Å². The zero-order chi connectivity index (χ0) is 12.3. The first-order valence-corrected chi connectivity index (χ1v) is 6.88. The van der Waals surface area contributed by atoms with Gasteiger partial charge in [0.25, 0.3) is 0 Å². The molecule has 1 aromatic carbocycles. The van der Waals surface area contributed by atoms with Gasteiger partial charge in [-0.15, -0.1) is 0 Å². The molecule has 0 amide bonds. The van der Waals surface area contributed by atoms with Crippen molar-refractivity contribution in [3.8, 4) is 0 Å². The Kier molecular flexibility index (Phi) is 4.24. The highest BCUT2D eigenvalue weighted by Crippen LogP contribution is 2.21. The molecule has 2 heterocycles. The highest BCUT2D eigenvalue weighted by Gasteiger charge is 2.03. The van der Waals surface area contributed by atoms with Gasteiger partial charge in [0.1, 0.15) is 0 Å². The van der Waals surface area contributed by atoms with Gasteiger partial charge in [-0.25, -0.2) is 0 Å². The molecule has 0 atom stereocenters. The number of hydrogen-bond donors (Lipinski definition) is 1. The fourth-order valence-electron chi connectivity index (χ4n) is 2.11. The zero-order valence-corrected chi connectivity index (χ0v) is 12.0. The average molecular weight is 295 g/mol. The minimum atomic E-state index is 1.13. The maximum atomic E-state index is 3.44. The Morgan fingerprint density at radius 2 is 1.94 bits per heavy atom. The van der Waals surface area contributed by atoms with E-state index in [1.165, 1.54) is 42.4 Å². The van der Waals surface area contributed by atoms with E-state index in [0.29, 0.717) is 0 Å². The number of fused-ring (bicyclic) bond motifs is 1. The molecule has 0 unspecified atom stereocenters. The first-order chi connectivity index (χ1) is 8.16. The summed E-state index contributed by atoms with van der Waals surface area (Å²) < 4.78 is 1.13. The van der Waals surface area contributed by atoms with Crippen LogP contribution in [0.1, 0.15) is 18.4 Å². The maximum Gasteiger partial charge on any atom is 0.0457 e. The van der Waals surface area contributed by atoms with Crippen LogP contribution in [0.3, 0.4) is 0 Å². The summed E-state index contributed by atoms with van der Waals surface area (Å²) in [6.45, 7) is 4.74. The molecule has 3 heteroatoms. The standard InChI is InChI=1S/C9H8BrN.C5H11N/c1-6-5-11-9-3-2-7(10)4-8(6)9;1-6-4-2-3-5-6/h2-5,11H,1H3;2-5H2,1H3. The number of aromatic nitrogens is 1. The summed E-state index contributed by atoms with van der Waals surface area (Å²) in [7, 11) is 2.17. The van der Waals surface area contributed by atoms with Crippen molar-refractivity contribution in [2.75, 3.05) is 20.1 Å². The van der Waals surface area contributed by atoms with Crippen molar-refractivity contribution < 1.29 is 0 Å². The van der Waals surface area contributed by atoms with Crippen molar-refractivity contribution in [1.29, 1.82) is 0 Å². The first kappa shape index (κ1) is 12.7. The number of aryl methyl sites for hydroxylation is 1. The Hall–Kier alpha value is -0.800. The lowest BCUT2D eigenvalue weighted by Gasteiger charge is -2.01. The van der Waals surface area contributed by atoms with Crippen molar-refractivity contribution in [3.63, 3.8) is 0 Å². The van der Waals surface area contributed by atoms with Gasteiger partial charge in [0.05, 0.1) is 0 Å². The second-order valence-corrected chi connectivity index (χ2v) is 5.59. The topological polar surface area (TPSA) is 19.0 Å². The Morgan fingerprint density at radius 3 is 2.53 bits per heavy atom. The minimum absolute atomic E-state index is 1.13. The van der Waals surface area contributed by atoms with Crippen LogP contribution in [0.5, 0.6) is 0 Å². The van der Waals surface area contributed by atoms with Crippen LogP contribution >= 0.6 is 15.9 Å². The van der Waals surface area contributed by atoms with Crippen LogP contribution in [0.15, 0.2) is 28.9 Å². The van der Waals surface area contributed by atoms with E-state index in [4.69, 9.17) is 0 Å². The predicted molar refractivity (Wildman–Crippen MR) is 77.5 cm³/mol. The van der Waals surface area contributed by atoms with Gasteiger partial charge in [-0.2, -0.15) is 0 Å². The quantitative estimate of drug-likeness (QED) is 0.779. The third kappa shape index (κ3) is 3.33. The SMILES string of the molecule is CN1CCCC1.Cc1c[nH]c2ccc(Br)cc12. The maximum absolute atomic E-state index is 3.44. The van der Waals surface area contributed by atoms with E-state index in [1.54, 1.807) is 0 Å². The molecule has 2 nitrogen and oxygen atoms in total. The Bertz CT molecular complexity index is 484. The second kappa shape index (κ2) is 5.69. The van der Waals surface area contributed by atoms with E-state index < -0.39 is 0 Å². The van der Waals surface area contributed by atoms with Crippen molar-refractivity contribution >= 4 is 26.8 Å². The van der Waals surface area contributed by atoms with E-state index in [9.17, 15) is 0 Å². The number of nitrogens with zero attached hydrogens (tertiary/aromatic N) is 1. The number of likely N-dealkylation sites (tertiary alicyclic amines) is 1. The summed E-state index contributed by atoms with van der Waals surface area (Å²) in [5, 5.41) is 1.29. The highest BCUT2D eigenvalue weighted by atomic mass is 79.9. The minimum Gasteiger partial charge on any atom is -0.361 e. The number of halogens is 1. The molecule has 1 fully saturated rings. The third-order valence-corrected chi connectivity index (χ3v) is 3.67. The molecule has 1 aliphatic rings. The summed E-state index contributed by atoms with van der Waals surface area (Å²) in [6, 6.07) is 6.24. The number of rotatable bonds is 0. The van der Waals surface area contributed by atoms with Crippen LogP contribution in [0, 0.1) is 6.92 Å². The summed E-state index contributed by atoms with van der Waals surface area (Å²) in [5.74, 6) is 0. The molecule has 1 aromatic heterocycles. The number of aromatic amines is 1. The second-order valence-electron chi connectivity index (χ2n) is 4.67. The van der Waals surface area contributed by atoms with Gasteiger partial charge in [0.2, 0.25) is 0 Å². The fourth-order valence-corrected chi connectivity index (χ4v) is 2.47. The van der Waals surface area contributed by atoms with Crippen molar-refractivity contribution in [1.82, 2.24) is 9.88 Å². The van der Waals surface area contributed by atoms with Crippen molar-refractivity contribution in [3.05, 3.63) is 34.4 Å². The molecule has 3 rings (SSSR count). The van der Waals surface area contributed by atoms with Gasteiger partial charge in [0, 0.05) is 21.6 Å². The van der Waals surface area contributed by atoms with Crippen molar-refractivity contribution in [2.24, 2.45) is 0 Å². The monoisotopic (exact) mass is 294 g/mol. The van der Waals surface area contributed by atoms with Gasteiger partial charge in [0.15, 0.2) is 0 Å². The molecule has 2 aromatic rings. The molecule has 0 radical (unpaired) electrons. The summed E-state index contributed by atoms with van der Waals surface area (Å²) in [5.41, 5.74) is 2.49. The lowest BCUT2D eigenvalue weighted by Crippen LogP contribution is -2.10. The number of nitrogens with one attached hydrogen (secondary N) is 1. The van der Waals surface area contributed by atoms with Crippen LogP contribution in [0.2, 0.25) is 0 Å². The van der Waals surface area contributed by atoms with Gasteiger partial charge in [-0.05, 0) is 63.7 Å². The molecular formula is C14H19BrN2. The Labute approximate surface area is 111 Å². The third-order valence-electron chi connectivity index (χ3n) is 3.18. The smallest absolute Gasteiger partial charge is 0.0457 e. The van der Waals surface area contributed by atoms with E-state index in [0.717, 1.165) is 4.47 Å². The number of H-pyrrole nitrogens is 1. The Balaban J connectivity index is 0.000000153. The first-order valence-electron chi connectivity index (χ1n) is 6.08. The highest BCUT2D eigenvalue weighted by molar-refractivity contribution is 9.10. The van der Waals surface area contributed by atoms with Crippen molar-refractivity contribution in [2.45, 2.75) is 19.8 Å². The van der Waals surface area contributed by atoms with Gasteiger partial charge >= 0.3 is 0 Å². The number of hydrogen-bond acceptors (Lipinski definition) is 1. The van der Waals surface area contributed by atoms with E-state index in [1.807, 2.05) is 12.3 Å². The fraction of sp³-hybridized carbons (Fsp3) is 0.429. The van der Waals surface area contributed by atoms with Crippen LogP contribution in [0.25, 0.3) is 10.9 Å². The molecule has 0 saturated carbocycles. The van der Waals surface area contributed by atoms with Crippen LogP contribution in [-0.2, 0) is 0 Å². The molecule has 1 aliphatic heterocycles. The molecule has 92 valence electrons. The molecule has 0 aliphatic carbocycles. The molecule has 1 N–H and O–H groups in total. The van der Waals surface area contributed by atoms with Gasteiger partial charge in [-0.3, -0.25) is 0 Å². The average Bonchev–Trinajstić information content (AvgIpc) is 2.91. The summed E-state index contributed by atoms with van der Waals surface area (Å²) in [4.78, 5) is 5.56. The van der Waals surface area contributed by atoms with E-state index in [-0.39, 0.29) is 0 Å². The van der Waals surface area contributed by atoms with Crippen LogP contribution in [-0.4, -0.2) is 30.0 Å².